The topological polar surface area (TPSA) is 78.4 Å². The Morgan fingerprint density at radius 2 is 1.77 bits per heavy atom. The number of rotatable bonds is 3. The lowest BCUT2D eigenvalue weighted by Gasteiger charge is -2.02. The number of hydrogen-bond donors (Lipinski definition) is 3. The van der Waals surface area contributed by atoms with Gasteiger partial charge in [-0.1, -0.05) is 0 Å². The minimum atomic E-state index is -3.38. The summed E-state index contributed by atoms with van der Waals surface area (Å²) >= 11 is 0. The predicted molar refractivity (Wildman–Crippen MR) is 48.1 cm³/mol. The van der Waals surface area contributed by atoms with E-state index in [9.17, 15) is 8.42 Å². The van der Waals surface area contributed by atoms with E-state index in [4.69, 9.17) is 5.21 Å². The second-order valence-corrected chi connectivity index (χ2v) is 4.23. The smallest absolute Gasteiger partial charge is 0.240 e. The number of sulfonamides is 1. The molecule has 0 spiro atoms. The fourth-order valence-corrected chi connectivity index (χ4v) is 1.56. The van der Waals surface area contributed by atoms with Crippen LogP contribution in [0.1, 0.15) is 0 Å². The monoisotopic (exact) mass is 202 g/mol. The average molecular weight is 202 g/mol. The van der Waals surface area contributed by atoms with E-state index >= 15 is 0 Å². The fourth-order valence-electron chi connectivity index (χ4n) is 0.826. The molecule has 1 rings (SSSR count). The third-order valence-corrected chi connectivity index (χ3v) is 2.99. The summed E-state index contributed by atoms with van der Waals surface area (Å²) in [7, 11) is -2.04. The summed E-state index contributed by atoms with van der Waals surface area (Å²) in [5.74, 6) is 0. The maximum atomic E-state index is 11.2. The zero-order valence-corrected chi connectivity index (χ0v) is 7.80. The van der Waals surface area contributed by atoms with Gasteiger partial charge in [0.15, 0.2) is 0 Å². The highest BCUT2D eigenvalue weighted by Gasteiger charge is 2.09. The third kappa shape index (κ3) is 2.18. The Morgan fingerprint density at radius 1 is 1.23 bits per heavy atom. The van der Waals surface area contributed by atoms with Gasteiger partial charge in [0.25, 0.3) is 0 Å². The third-order valence-electron chi connectivity index (χ3n) is 1.56. The standard InChI is InChI=1S/C7H10N2O3S/c1-8-13(11,12)7-4-2-6(9-10)3-5-7/h2-5,8-10H,1H3. The van der Waals surface area contributed by atoms with Gasteiger partial charge in [-0.2, -0.15) is 0 Å². The Morgan fingerprint density at radius 3 is 2.15 bits per heavy atom. The minimum Gasteiger partial charge on any atom is -0.291 e. The zero-order chi connectivity index (χ0) is 9.90. The molecule has 13 heavy (non-hydrogen) atoms. The van der Waals surface area contributed by atoms with Crippen LogP contribution < -0.4 is 10.2 Å². The number of benzene rings is 1. The van der Waals surface area contributed by atoms with Gasteiger partial charge >= 0.3 is 0 Å². The number of nitrogens with one attached hydrogen (secondary N) is 2. The van der Waals surface area contributed by atoms with E-state index in [1.807, 2.05) is 5.48 Å². The van der Waals surface area contributed by atoms with Crippen LogP contribution in [-0.2, 0) is 10.0 Å². The molecule has 0 aliphatic heterocycles. The van der Waals surface area contributed by atoms with Crippen LogP contribution in [0.2, 0.25) is 0 Å². The molecule has 6 heteroatoms. The molecule has 0 aliphatic rings. The van der Waals surface area contributed by atoms with Crippen molar-refractivity contribution in [3.8, 4) is 0 Å². The molecule has 0 unspecified atom stereocenters. The number of hydrogen-bond acceptors (Lipinski definition) is 4. The van der Waals surface area contributed by atoms with E-state index in [2.05, 4.69) is 4.72 Å². The molecule has 5 nitrogen and oxygen atoms in total. The van der Waals surface area contributed by atoms with Crippen molar-refractivity contribution in [3.63, 3.8) is 0 Å². The van der Waals surface area contributed by atoms with E-state index in [0.29, 0.717) is 5.69 Å². The Balaban J connectivity index is 3.06. The van der Waals surface area contributed by atoms with Crippen LogP contribution >= 0.6 is 0 Å². The molecule has 0 aliphatic carbocycles. The summed E-state index contributed by atoms with van der Waals surface area (Å²) in [6.45, 7) is 0. The summed E-state index contributed by atoms with van der Waals surface area (Å²) in [4.78, 5) is 0.161. The summed E-state index contributed by atoms with van der Waals surface area (Å²) in [5, 5.41) is 8.47. The SMILES string of the molecule is CNS(=O)(=O)c1ccc(NO)cc1. The van der Waals surface area contributed by atoms with Crippen molar-refractivity contribution in [2.45, 2.75) is 4.90 Å². The molecule has 0 radical (unpaired) electrons. The van der Waals surface area contributed by atoms with Crippen molar-refractivity contribution < 1.29 is 13.6 Å². The van der Waals surface area contributed by atoms with Crippen LogP contribution in [0.3, 0.4) is 0 Å². The molecule has 0 amide bonds. The molecule has 1 aromatic rings. The molecule has 1 aromatic carbocycles. The van der Waals surface area contributed by atoms with Crippen LogP contribution in [0.4, 0.5) is 5.69 Å². The van der Waals surface area contributed by atoms with Crippen molar-refractivity contribution >= 4 is 15.7 Å². The lowest BCUT2D eigenvalue weighted by Crippen LogP contribution is -2.18. The van der Waals surface area contributed by atoms with Gasteiger partial charge in [0.2, 0.25) is 10.0 Å². The van der Waals surface area contributed by atoms with Gasteiger partial charge in [-0.15, -0.1) is 0 Å². The minimum absolute atomic E-state index is 0.161. The second-order valence-electron chi connectivity index (χ2n) is 2.34. The fraction of sp³-hybridized carbons (Fsp3) is 0.143. The molecule has 3 N–H and O–H groups in total. The van der Waals surface area contributed by atoms with Crippen LogP contribution in [0.25, 0.3) is 0 Å². The lowest BCUT2D eigenvalue weighted by atomic mass is 10.3. The molecule has 72 valence electrons. The van der Waals surface area contributed by atoms with Crippen molar-refractivity contribution in [2.24, 2.45) is 0 Å². The lowest BCUT2D eigenvalue weighted by molar-refractivity contribution is 0.389. The van der Waals surface area contributed by atoms with Gasteiger partial charge in [-0.25, -0.2) is 13.1 Å². The van der Waals surface area contributed by atoms with Gasteiger partial charge < -0.3 is 0 Å². The quantitative estimate of drug-likeness (QED) is 0.620. The van der Waals surface area contributed by atoms with Crippen LogP contribution in [-0.4, -0.2) is 20.7 Å². The highest BCUT2D eigenvalue weighted by molar-refractivity contribution is 7.89. The van der Waals surface area contributed by atoms with E-state index in [1.54, 1.807) is 0 Å². The average Bonchev–Trinajstić information content (AvgIpc) is 2.18. The summed E-state index contributed by atoms with van der Waals surface area (Å²) < 4.78 is 24.6. The Kier molecular flexibility index (Phi) is 2.86. The maximum absolute atomic E-state index is 11.2. The van der Waals surface area contributed by atoms with Gasteiger partial charge in [0, 0.05) is 0 Å². The van der Waals surface area contributed by atoms with E-state index < -0.39 is 10.0 Å². The highest BCUT2D eigenvalue weighted by Crippen LogP contribution is 2.12. The second kappa shape index (κ2) is 3.73. The molecular formula is C7H10N2O3S. The summed E-state index contributed by atoms with van der Waals surface area (Å²) in [5.41, 5.74) is 2.35. The number of anilines is 1. The molecule has 0 fully saturated rings. The highest BCUT2D eigenvalue weighted by atomic mass is 32.2. The molecule has 0 saturated carbocycles. The molecule has 0 aromatic heterocycles. The van der Waals surface area contributed by atoms with Gasteiger partial charge in [0.05, 0.1) is 10.6 Å². The Labute approximate surface area is 76.4 Å². The first kappa shape index (κ1) is 9.97. The Bertz CT molecular complexity index is 371. The molecule has 0 heterocycles. The van der Waals surface area contributed by atoms with Crippen molar-refractivity contribution in [1.29, 1.82) is 0 Å². The van der Waals surface area contributed by atoms with Gasteiger partial charge in [-0.05, 0) is 31.3 Å². The first-order valence-electron chi connectivity index (χ1n) is 3.54. The van der Waals surface area contributed by atoms with Crippen LogP contribution in [0.15, 0.2) is 29.2 Å². The predicted octanol–water partition coefficient (Wildman–Crippen LogP) is 0.396. The molecule has 0 atom stereocenters. The first-order valence-corrected chi connectivity index (χ1v) is 5.02. The Hall–Kier alpha value is -1.11. The summed E-state index contributed by atoms with van der Waals surface area (Å²) in [6, 6.07) is 5.71. The largest absolute Gasteiger partial charge is 0.291 e. The first-order chi connectivity index (χ1) is 6.10. The van der Waals surface area contributed by atoms with E-state index in [0.717, 1.165) is 0 Å². The van der Waals surface area contributed by atoms with Crippen molar-refractivity contribution in [3.05, 3.63) is 24.3 Å². The summed E-state index contributed by atoms with van der Waals surface area (Å²) in [6.07, 6.45) is 0. The van der Waals surface area contributed by atoms with Gasteiger partial charge in [-0.3, -0.25) is 10.7 Å². The van der Waals surface area contributed by atoms with Crippen molar-refractivity contribution in [1.82, 2.24) is 4.72 Å². The zero-order valence-electron chi connectivity index (χ0n) is 6.98. The van der Waals surface area contributed by atoms with Crippen LogP contribution in [0.5, 0.6) is 0 Å². The van der Waals surface area contributed by atoms with E-state index in [-0.39, 0.29) is 4.90 Å². The van der Waals surface area contributed by atoms with Gasteiger partial charge in [0.1, 0.15) is 0 Å². The molecule has 0 bridgehead atoms. The van der Waals surface area contributed by atoms with Crippen LogP contribution in [0, 0.1) is 0 Å². The molecule has 0 saturated heterocycles. The van der Waals surface area contributed by atoms with E-state index in [1.165, 1.54) is 31.3 Å². The normalized spacial score (nSPS) is 11.2. The van der Waals surface area contributed by atoms with Crippen molar-refractivity contribution in [2.75, 3.05) is 12.5 Å². The maximum Gasteiger partial charge on any atom is 0.240 e. The molecular weight excluding hydrogens is 192 g/mol.